The van der Waals surface area contributed by atoms with Crippen molar-refractivity contribution in [1.82, 2.24) is 0 Å². The maximum atomic E-state index is 2.65. The molecule has 0 fully saturated rings. The first-order valence-electron chi connectivity index (χ1n) is 17.6. The number of allylic oxidation sites excluding steroid dienone is 4. The largest absolute Gasteiger partial charge is 1.00 e. The zero-order valence-electron chi connectivity index (χ0n) is 31.6. The zero-order chi connectivity index (χ0) is 34.1. The summed E-state index contributed by atoms with van der Waals surface area (Å²) in [6.07, 6.45) is 5.22. The molecule has 0 saturated carbocycles. The minimum absolute atomic E-state index is 0. The summed E-state index contributed by atoms with van der Waals surface area (Å²) in [6.45, 7) is 28.8. The molecule has 0 aromatic heterocycles. The van der Waals surface area contributed by atoms with Gasteiger partial charge in [-0.25, -0.2) is 0 Å². The van der Waals surface area contributed by atoms with Gasteiger partial charge in [0.05, 0.1) is 0 Å². The van der Waals surface area contributed by atoms with Crippen molar-refractivity contribution in [3.8, 4) is 33.4 Å². The summed E-state index contributed by atoms with van der Waals surface area (Å²) < 4.78 is 3.87. The molecule has 256 valence electrons. The second kappa shape index (κ2) is 14.4. The Hall–Kier alpha value is -2.31. The first kappa shape index (κ1) is 39.5. The predicted octanol–water partition coefficient (Wildman–Crippen LogP) is 7.03. The van der Waals surface area contributed by atoms with Crippen LogP contribution in [0.25, 0.3) is 33.4 Å². The molecule has 2 aliphatic rings. The van der Waals surface area contributed by atoms with Gasteiger partial charge in [0.15, 0.2) is 0 Å². The number of rotatable bonds is 4. The molecule has 0 heterocycles. The van der Waals surface area contributed by atoms with Gasteiger partial charge in [-0.3, -0.25) is 0 Å². The molecule has 4 aromatic rings. The fourth-order valence-electron chi connectivity index (χ4n) is 7.85. The standard InChI is InChI=1S/C33H33.C10H15.C3H6.2ClH.Zr/c1-32(2,3)30-20-26-24(18-28(30)22-13-9-7-10-14-22)17-25-19-29(23-15-11-8-12-16-23)31(21-27(25)26)33(4,5)6;1-8-5-6-9(7-8)10(2,3)4;1-3-2;;;/h7-21H,1-6H3;6-8H,1-4H3;1-2H3;2*1H;/q;;;;;+2/p-2. The van der Waals surface area contributed by atoms with Crippen LogP contribution >= 0.6 is 0 Å². The molecule has 0 N–H and O–H groups in total. The van der Waals surface area contributed by atoms with E-state index < -0.39 is 21.3 Å². The molecule has 4 aromatic carbocycles. The number of hydrogen-bond acceptors (Lipinski definition) is 0. The van der Waals surface area contributed by atoms with Gasteiger partial charge in [-0.15, -0.1) is 0 Å². The van der Waals surface area contributed by atoms with E-state index in [0.29, 0.717) is 9.54 Å². The van der Waals surface area contributed by atoms with Gasteiger partial charge in [0.25, 0.3) is 0 Å². The van der Waals surface area contributed by atoms with E-state index in [1.165, 1.54) is 50.1 Å². The van der Waals surface area contributed by atoms with Crippen LogP contribution in [0.1, 0.15) is 109 Å². The van der Waals surface area contributed by atoms with Crippen LogP contribution in [0, 0.1) is 11.3 Å². The van der Waals surface area contributed by atoms with Crippen molar-refractivity contribution in [2.45, 2.75) is 97.5 Å². The zero-order valence-corrected chi connectivity index (χ0v) is 35.6. The molecule has 0 aliphatic heterocycles. The molecular formula is C46H54Cl2Zr. The Bertz CT molecular complexity index is 1830. The van der Waals surface area contributed by atoms with Crippen LogP contribution in [0.15, 0.2) is 106 Å². The number of halogens is 2. The molecule has 2 aliphatic carbocycles. The smallest absolute Gasteiger partial charge is 1.00 e. The van der Waals surface area contributed by atoms with Gasteiger partial charge < -0.3 is 24.8 Å². The summed E-state index contributed by atoms with van der Waals surface area (Å²) in [5.41, 5.74) is 16.1. The van der Waals surface area contributed by atoms with Gasteiger partial charge in [0.2, 0.25) is 0 Å². The number of benzene rings is 4. The van der Waals surface area contributed by atoms with E-state index in [-0.39, 0.29) is 41.1 Å². The number of fused-ring (bicyclic) bond motifs is 3. The second-order valence-electron chi connectivity index (χ2n) is 17.3. The van der Waals surface area contributed by atoms with Crippen LogP contribution in [0.3, 0.4) is 0 Å². The summed E-state index contributed by atoms with van der Waals surface area (Å²) in [4.78, 5) is 0. The van der Waals surface area contributed by atoms with Gasteiger partial charge in [0.1, 0.15) is 0 Å². The van der Waals surface area contributed by atoms with Gasteiger partial charge in [-0.05, 0) is 0 Å². The van der Waals surface area contributed by atoms with Crippen molar-refractivity contribution in [3.05, 3.63) is 128 Å². The third-order valence-electron chi connectivity index (χ3n) is 10.3. The first-order chi connectivity index (χ1) is 22.0. The van der Waals surface area contributed by atoms with E-state index in [2.05, 4.69) is 180 Å². The van der Waals surface area contributed by atoms with Crippen LogP contribution in [-0.2, 0) is 32.1 Å². The summed E-state index contributed by atoms with van der Waals surface area (Å²) >= 11 is -2.49. The molecular weight excluding hydrogens is 715 g/mol. The summed E-state index contributed by atoms with van der Waals surface area (Å²) in [5, 5.41) is 0. The maximum Gasteiger partial charge on any atom is -1.00 e. The van der Waals surface area contributed by atoms with Crippen LogP contribution in [-0.4, -0.2) is 3.21 Å². The second-order valence-corrected chi connectivity index (χ2v) is 24.6. The average Bonchev–Trinajstić information content (AvgIpc) is 3.53. The van der Waals surface area contributed by atoms with Crippen LogP contribution < -0.4 is 24.8 Å². The average molecular weight is 769 g/mol. The van der Waals surface area contributed by atoms with E-state index in [0.717, 1.165) is 0 Å². The third-order valence-corrected chi connectivity index (χ3v) is 18.9. The summed E-state index contributed by atoms with van der Waals surface area (Å²) in [5.74, 6) is 0.492. The van der Waals surface area contributed by atoms with E-state index in [4.69, 9.17) is 0 Å². The van der Waals surface area contributed by atoms with E-state index >= 15 is 0 Å². The fourth-order valence-corrected chi connectivity index (χ4v) is 16.4. The molecule has 0 amide bonds. The Morgan fingerprint density at radius 3 is 1.29 bits per heavy atom. The molecule has 49 heavy (non-hydrogen) atoms. The molecule has 0 bridgehead atoms. The minimum atomic E-state index is -2.49. The predicted molar refractivity (Wildman–Crippen MR) is 203 cm³/mol. The topological polar surface area (TPSA) is 0 Å². The molecule has 1 unspecified atom stereocenters. The Kier molecular flexibility index (Phi) is 11.6. The van der Waals surface area contributed by atoms with Crippen molar-refractivity contribution >= 4 is 3.21 Å². The van der Waals surface area contributed by atoms with Gasteiger partial charge in [-0.2, -0.15) is 0 Å². The normalized spacial score (nSPS) is 15.6. The Morgan fingerprint density at radius 1 is 0.551 bits per heavy atom. The third kappa shape index (κ3) is 7.52. The van der Waals surface area contributed by atoms with Crippen molar-refractivity contribution in [2.24, 2.45) is 11.3 Å². The molecule has 6 rings (SSSR count). The van der Waals surface area contributed by atoms with Crippen LogP contribution in [0.5, 0.6) is 0 Å². The fraction of sp³-hybridized carbons (Fsp3) is 0.370. The monoisotopic (exact) mass is 766 g/mol. The molecule has 0 spiro atoms. The van der Waals surface area contributed by atoms with Gasteiger partial charge in [-0.1, -0.05) is 0 Å². The summed E-state index contributed by atoms with van der Waals surface area (Å²) in [6, 6.07) is 32.7. The Balaban J connectivity index is 0.00000270. The number of hydrogen-bond donors (Lipinski definition) is 0. The van der Waals surface area contributed by atoms with Crippen LogP contribution in [0.4, 0.5) is 0 Å². The first-order valence-corrected chi connectivity index (χ1v) is 21.4. The van der Waals surface area contributed by atoms with Crippen LogP contribution in [0.2, 0.25) is 0 Å². The molecule has 0 nitrogen and oxygen atoms in total. The van der Waals surface area contributed by atoms with Gasteiger partial charge >= 0.3 is 295 Å². The van der Waals surface area contributed by atoms with Crippen molar-refractivity contribution < 1.29 is 46.1 Å². The molecule has 1 atom stereocenters. The van der Waals surface area contributed by atoms with E-state index in [1.807, 2.05) is 0 Å². The summed E-state index contributed by atoms with van der Waals surface area (Å²) in [7, 11) is 0. The minimum Gasteiger partial charge on any atom is -1.00 e. The SMILES string of the molecule is C[C](C)=[Zr+2]([C]1=CC(C(C)(C)C)=CC1C)[CH]1c2cc(-c3ccccc3)c(C(C)(C)C)cc2-c2cc(C(C)(C)C)c(-c3ccccc3)cc21.[Cl-].[Cl-]. The van der Waals surface area contributed by atoms with Crippen molar-refractivity contribution in [3.63, 3.8) is 0 Å². The quantitative estimate of drug-likeness (QED) is 0.209. The van der Waals surface area contributed by atoms with Crippen molar-refractivity contribution in [2.75, 3.05) is 0 Å². The Morgan fingerprint density at radius 2 is 0.959 bits per heavy atom. The van der Waals surface area contributed by atoms with Gasteiger partial charge in [0, 0.05) is 0 Å². The molecule has 0 saturated heterocycles. The Labute approximate surface area is 317 Å². The van der Waals surface area contributed by atoms with E-state index in [1.54, 1.807) is 17.6 Å². The maximum absolute atomic E-state index is 2.65. The molecule has 3 heteroatoms. The van der Waals surface area contributed by atoms with Crippen molar-refractivity contribution in [1.29, 1.82) is 0 Å². The molecule has 0 radical (unpaired) electrons. The van der Waals surface area contributed by atoms with E-state index in [9.17, 15) is 0 Å².